The fourth-order valence-corrected chi connectivity index (χ4v) is 0. The van der Waals surface area contributed by atoms with Crippen molar-refractivity contribution in [1.82, 2.24) is 0 Å². The summed E-state index contributed by atoms with van der Waals surface area (Å²) in [7, 11) is 0. The van der Waals surface area contributed by atoms with Crippen LogP contribution in [0.5, 0.6) is 0 Å². The van der Waals surface area contributed by atoms with E-state index in [1.807, 2.05) is 0 Å². The monoisotopic (exact) mass is 173 g/mol. The van der Waals surface area contributed by atoms with Gasteiger partial charge >= 0.3 is 73.8 Å². The first-order valence-electron chi connectivity index (χ1n) is 0.224. The Morgan fingerprint density at radius 1 is 1.25 bits per heavy atom. The van der Waals surface area contributed by atoms with Crippen LogP contribution in [0, 0.1) is 11.8 Å². The summed E-state index contributed by atoms with van der Waals surface area (Å²) in [5.74, 6) is 0. The molecule has 0 aliphatic heterocycles. The molecule has 0 aliphatic carbocycles. The zero-order valence-corrected chi connectivity index (χ0v) is 2.73. The Balaban J connectivity index is -0.00000000500. The van der Waals surface area contributed by atoms with Gasteiger partial charge in [0.05, 0.1) is 0 Å². The second kappa shape index (κ2) is 20.9. The van der Waals surface area contributed by atoms with Crippen molar-refractivity contribution < 1.29 is 22.4 Å². The van der Waals surface area contributed by atoms with Gasteiger partial charge in [-0.15, -0.1) is 0 Å². The van der Waals surface area contributed by atoms with Gasteiger partial charge in [-0.25, -0.2) is 0 Å². The van der Waals surface area contributed by atoms with Gasteiger partial charge in [-0.3, -0.25) is 0 Å². The number of rotatable bonds is 0. The van der Waals surface area contributed by atoms with E-state index in [1.54, 1.807) is 0 Å². The molecule has 0 bridgehead atoms. The number of nitrogens with zero attached hydrogens (tertiary/aromatic N) is 1. The van der Waals surface area contributed by atoms with Gasteiger partial charge in [0.1, 0.15) is 0 Å². The fourth-order valence-electron chi connectivity index (χ4n) is 0. The maximum atomic E-state index is 6.25. The third-order valence-electron chi connectivity index (χ3n) is 0. The number of hydrogen-bond donors (Lipinski definition) is 0. The molecule has 0 aromatic carbocycles. The predicted molar refractivity (Wildman–Crippen MR) is 12.1 cm³/mol. The fraction of sp³-hybridized carbons (Fsp3) is 0. The molecule has 0 aliphatic rings. The normalized spacial score (nSPS) is 0.500. The molecule has 0 aromatic rings. The van der Waals surface area contributed by atoms with E-state index >= 15 is 0 Å². The Bertz CT molecular complexity index is 12.8. The minimum atomic E-state index is 0. The summed E-state index contributed by atoms with van der Waals surface area (Å²) in [6.45, 7) is 4.75. The van der Waals surface area contributed by atoms with Gasteiger partial charge in [-0.1, -0.05) is 0 Å². The quantitative estimate of drug-likeness (QED) is 0.357. The molecule has 0 radical (unpaired) electrons. The summed E-state index contributed by atoms with van der Waals surface area (Å²) in [6.07, 6.45) is 0. The van der Waals surface area contributed by atoms with Crippen molar-refractivity contribution in [3.63, 3.8) is 0 Å². The molecule has 1 nitrogen and oxygen atoms in total. The van der Waals surface area contributed by atoms with E-state index in [0.717, 1.165) is 0 Å². The van der Waals surface area contributed by atoms with Crippen LogP contribution in [0.15, 0.2) is 0 Å². The van der Waals surface area contributed by atoms with Crippen LogP contribution >= 0.6 is 0 Å². The first-order valence-corrected chi connectivity index (χ1v) is 0.224. The molecule has 3 heteroatoms. The minimum absolute atomic E-state index is 0. The van der Waals surface area contributed by atoms with Crippen LogP contribution in [-0.2, 0) is 22.4 Å². The van der Waals surface area contributed by atoms with E-state index in [0.29, 0.717) is 0 Å². The molecule has 0 rings (SSSR count). The van der Waals surface area contributed by atoms with Crippen molar-refractivity contribution in [1.29, 1.82) is 5.26 Å². The van der Waals surface area contributed by atoms with E-state index in [-0.39, 0.29) is 73.8 Å². The van der Waals surface area contributed by atoms with Crippen LogP contribution in [0.1, 0.15) is 0 Å². The van der Waals surface area contributed by atoms with E-state index in [1.165, 1.54) is 0 Å². The SMILES string of the molecule is [Ag+].[C-]#N.[KH]. The van der Waals surface area contributed by atoms with Crippen LogP contribution in [0.25, 0.3) is 0 Å². The second-order valence-corrected chi connectivity index (χ2v) is 0. The number of hydrogen-bond acceptors (Lipinski definition) is 1. The van der Waals surface area contributed by atoms with Gasteiger partial charge in [0.25, 0.3) is 0 Å². The van der Waals surface area contributed by atoms with Crippen LogP contribution in [0.3, 0.4) is 0 Å². The molecule has 0 unspecified atom stereocenters. The second-order valence-electron chi connectivity index (χ2n) is 0. The zero-order valence-electron chi connectivity index (χ0n) is 1.25. The zero-order chi connectivity index (χ0) is 2.00. The van der Waals surface area contributed by atoms with Crippen molar-refractivity contribution >= 4 is 51.4 Å². The van der Waals surface area contributed by atoms with Crippen molar-refractivity contribution in [2.75, 3.05) is 0 Å². The molecular formula is CHAgKN. The van der Waals surface area contributed by atoms with Crippen LogP contribution in [0.2, 0.25) is 0 Å². The average Bonchev–Trinajstić information content (AvgIpc) is 1.00. The van der Waals surface area contributed by atoms with Crippen LogP contribution in [-0.4, -0.2) is 51.4 Å². The summed E-state index contributed by atoms with van der Waals surface area (Å²) < 4.78 is 0. The van der Waals surface area contributed by atoms with E-state index < -0.39 is 0 Å². The van der Waals surface area contributed by atoms with Gasteiger partial charge in [-0.2, -0.15) is 0 Å². The third-order valence-corrected chi connectivity index (χ3v) is 0. The molecule has 0 amide bonds. The van der Waals surface area contributed by atoms with Gasteiger partial charge < -0.3 is 11.8 Å². The first-order chi connectivity index (χ1) is 1.00. The Morgan fingerprint density at radius 3 is 1.25 bits per heavy atom. The molecule has 0 N–H and O–H groups in total. The van der Waals surface area contributed by atoms with E-state index in [2.05, 4.69) is 0 Å². The van der Waals surface area contributed by atoms with Crippen molar-refractivity contribution in [3.05, 3.63) is 6.57 Å². The molecule has 4 heavy (non-hydrogen) atoms. The maximum absolute atomic E-state index is 6.25. The Morgan fingerprint density at radius 2 is 1.25 bits per heavy atom. The summed E-state index contributed by atoms with van der Waals surface area (Å²) in [5, 5.41) is 6.25. The van der Waals surface area contributed by atoms with E-state index in [4.69, 9.17) is 11.8 Å². The summed E-state index contributed by atoms with van der Waals surface area (Å²) >= 11 is 0. The summed E-state index contributed by atoms with van der Waals surface area (Å²) in [4.78, 5) is 0. The molecule has 0 atom stereocenters. The molecule has 0 saturated carbocycles. The van der Waals surface area contributed by atoms with Gasteiger partial charge in [0.2, 0.25) is 0 Å². The molecular weight excluding hydrogens is 173 g/mol. The van der Waals surface area contributed by atoms with Crippen molar-refractivity contribution in [2.45, 2.75) is 0 Å². The van der Waals surface area contributed by atoms with Gasteiger partial charge in [0, 0.05) is 0 Å². The first kappa shape index (κ1) is 16.9. The van der Waals surface area contributed by atoms with Crippen molar-refractivity contribution in [2.24, 2.45) is 0 Å². The topological polar surface area (TPSA) is 23.8 Å². The third kappa shape index (κ3) is 9.12. The average molecular weight is 174 g/mol. The standard InChI is InChI=1S/CN.Ag.K.H/c1-2;;;/q-1;+1;;. The molecule has 0 aromatic heterocycles. The van der Waals surface area contributed by atoms with Crippen molar-refractivity contribution in [3.8, 4) is 0 Å². The summed E-state index contributed by atoms with van der Waals surface area (Å²) in [6, 6.07) is 0. The Labute approximate surface area is 83.7 Å². The van der Waals surface area contributed by atoms with Crippen LogP contribution < -0.4 is 0 Å². The molecule has 0 spiro atoms. The molecule has 0 fully saturated rings. The van der Waals surface area contributed by atoms with Crippen LogP contribution in [0.4, 0.5) is 0 Å². The Hall–Kier alpha value is 1.87. The predicted octanol–water partition coefficient (Wildman–Crippen LogP) is -0.555. The summed E-state index contributed by atoms with van der Waals surface area (Å²) in [5.41, 5.74) is 0. The van der Waals surface area contributed by atoms with E-state index in [9.17, 15) is 0 Å². The van der Waals surface area contributed by atoms with Gasteiger partial charge in [-0.05, 0) is 0 Å². The molecule has 22 valence electrons. The van der Waals surface area contributed by atoms with Gasteiger partial charge in [0.15, 0.2) is 0 Å². The molecule has 0 heterocycles. The molecule has 0 saturated heterocycles. The Kier molecular flexibility index (Phi) is 88.3.